The van der Waals surface area contributed by atoms with Crippen LogP contribution in [0.25, 0.3) is 10.7 Å². The van der Waals surface area contributed by atoms with Crippen molar-refractivity contribution in [3.63, 3.8) is 0 Å². The Hall–Kier alpha value is -2.26. The van der Waals surface area contributed by atoms with Crippen molar-refractivity contribution in [2.75, 3.05) is 0 Å². The molecule has 9 heteroatoms. The van der Waals surface area contributed by atoms with E-state index in [1.165, 1.54) is 34.2 Å². The van der Waals surface area contributed by atoms with E-state index in [1.807, 2.05) is 17.5 Å². The van der Waals surface area contributed by atoms with Crippen molar-refractivity contribution in [1.82, 2.24) is 14.9 Å². The Labute approximate surface area is 137 Å². The number of nitrogens with one attached hydrogen (secondary N) is 1. The number of H-pyrrole nitrogens is 1. The second-order valence-corrected chi connectivity index (χ2v) is 5.81. The van der Waals surface area contributed by atoms with E-state index in [0.717, 1.165) is 17.2 Å². The number of aromatic nitrogens is 3. The molecule has 0 saturated heterocycles. The molecule has 0 aliphatic heterocycles. The molecule has 0 fully saturated rings. The number of alkyl halides is 3. The van der Waals surface area contributed by atoms with E-state index in [9.17, 15) is 13.2 Å². The number of aromatic amines is 1. The summed E-state index contributed by atoms with van der Waals surface area (Å²) in [4.78, 5) is 0.804. The Bertz CT molecular complexity index is 891. The molecule has 0 bridgehead atoms. The van der Waals surface area contributed by atoms with Gasteiger partial charge in [-0.15, -0.1) is 11.3 Å². The van der Waals surface area contributed by atoms with E-state index in [0.29, 0.717) is 5.82 Å². The molecule has 2 aromatic heterocycles. The number of thiophene rings is 1. The third-order valence-electron chi connectivity index (χ3n) is 2.97. The number of nitrogens with zero attached hydrogens (tertiary/aromatic N) is 3. The van der Waals surface area contributed by atoms with Gasteiger partial charge in [-0.1, -0.05) is 24.3 Å². The van der Waals surface area contributed by atoms with Crippen LogP contribution in [-0.2, 0) is 6.18 Å². The lowest BCUT2D eigenvalue weighted by Crippen LogP contribution is -2.09. The summed E-state index contributed by atoms with van der Waals surface area (Å²) in [7, 11) is 0. The van der Waals surface area contributed by atoms with Crippen LogP contribution in [0.15, 0.2) is 46.9 Å². The summed E-state index contributed by atoms with van der Waals surface area (Å²) in [6.45, 7) is 0. The van der Waals surface area contributed by atoms with Crippen LogP contribution in [0.2, 0.25) is 0 Å². The Balaban J connectivity index is 2.03. The van der Waals surface area contributed by atoms with Gasteiger partial charge >= 0.3 is 6.18 Å². The number of rotatable bonds is 3. The minimum atomic E-state index is -4.45. The van der Waals surface area contributed by atoms with Gasteiger partial charge in [-0.25, -0.2) is 5.10 Å². The van der Waals surface area contributed by atoms with E-state index < -0.39 is 11.7 Å². The molecule has 3 rings (SSSR count). The van der Waals surface area contributed by atoms with Crippen molar-refractivity contribution < 1.29 is 13.2 Å². The lowest BCUT2D eigenvalue weighted by molar-refractivity contribution is -0.137. The first-order valence-electron chi connectivity index (χ1n) is 6.38. The fraction of sp³-hybridized carbons (Fsp3) is 0.0714. The molecule has 1 N–H and O–H groups in total. The molecule has 118 valence electrons. The zero-order valence-corrected chi connectivity index (χ0v) is 13.0. The Morgan fingerprint density at radius 3 is 2.70 bits per heavy atom. The zero-order chi connectivity index (χ0) is 16.4. The largest absolute Gasteiger partial charge is 0.417 e. The van der Waals surface area contributed by atoms with Crippen molar-refractivity contribution in [2.24, 2.45) is 5.10 Å². The summed E-state index contributed by atoms with van der Waals surface area (Å²) >= 11 is 6.51. The first-order chi connectivity index (χ1) is 11.0. The summed E-state index contributed by atoms with van der Waals surface area (Å²) in [6, 6.07) is 8.87. The van der Waals surface area contributed by atoms with Gasteiger partial charge < -0.3 is 0 Å². The van der Waals surface area contributed by atoms with Gasteiger partial charge in [-0.2, -0.15) is 28.0 Å². The summed E-state index contributed by atoms with van der Waals surface area (Å²) in [5.41, 5.74) is -0.795. The highest BCUT2D eigenvalue weighted by Crippen LogP contribution is 2.31. The second-order valence-electron chi connectivity index (χ2n) is 4.47. The normalized spacial score (nSPS) is 12.1. The lowest BCUT2D eigenvalue weighted by Gasteiger charge is -2.09. The first kappa shape index (κ1) is 15.6. The van der Waals surface area contributed by atoms with Crippen molar-refractivity contribution in [3.8, 4) is 10.7 Å². The van der Waals surface area contributed by atoms with Gasteiger partial charge in [0.15, 0.2) is 5.82 Å². The maximum Gasteiger partial charge on any atom is 0.417 e. The SMILES string of the molecule is FC(F)(F)c1ccccc1/C=N\n1c(-c2cccs2)n[nH]c1=S. The number of benzene rings is 1. The number of hydrogen-bond donors (Lipinski definition) is 1. The maximum atomic E-state index is 13.0. The molecule has 0 saturated carbocycles. The third kappa shape index (κ3) is 3.25. The lowest BCUT2D eigenvalue weighted by atomic mass is 10.1. The fourth-order valence-corrected chi connectivity index (χ4v) is 2.83. The van der Waals surface area contributed by atoms with E-state index in [1.54, 1.807) is 0 Å². The van der Waals surface area contributed by atoms with Gasteiger partial charge in [-0.05, 0) is 29.7 Å². The molecule has 0 aliphatic carbocycles. The van der Waals surface area contributed by atoms with Gasteiger partial charge in [-0.3, -0.25) is 0 Å². The topological polar surface area (TPSA) is 46.0 Å². The highest BCUT2D eigenvalue weighted by molar-refractivity contribution is 7.71. The molecule has 4 nitrogen and oxygen atoms in total. The van der Waals surface area contributed by atoms with E-state index in [-0.39, 0.29) is 10.3 Å². The third-order valence-corrected chi connectivity index (χ3v) is 4.10. The summed E-state index contributed by atoms with van der Waals surface area (Å²) in [5, 5.41) is 12.6. The van der Waals surface area contributed by atoms with Crippen molar-refractivity contribution in [2.45, 2.75) is 6.18 Å². The van der Waals surface area contributed by atoms with Crippen molar-refractivity contribution in [3.05, 3.63) is 57.7 Å². The average molecular weight is 354 g/mol. The molecule has 0 unspecified atom stereocenters. The van der Waals surface area contributed by atoms with Gasteiger partial charge in [0.2, 0.25) is 4.77 Å². The first-order valence-corrected chi connectivity index (χ1v) is 7.67. The second kappa shape index (κ2) is 6.09. The van der Waals surface area contributed by atoms with E-state index >= 15 is 0 Å². The predicted octanol–water partition coefficient (Wildman–Crippen LogP) is 4.57. The average Bonchev–Trinajstić information content (AvgIpc) is 3.14. The van der Waals surface area contributed by atoms with Crippen LogP contribution < -0.4 is 0 Å². The number of halogens is 3. The van der Waals surface area contributed by atoms with Crippen LogP contribution in [0.4, 0.5) is 13.2 Å². The van der Waals surface area contributed by atoms with Gasteiger partial charge in [0.1, 0.15) is 0 Å². The Morgan fingerprint density at radius 2 is 2.00 bits per heavy atom. The number of hydrogen-bond acceptors (Lipinski definition) is 4. The van der Waals surface area contributed by atoms with Crippen LogP contribution in [0.1, 0.15) is 11.1 Å². The molecule has 0 radical (unpaired) electrons. The Kier molecular flexibility index (Phi) is 4.14. The standard InChI is InChI=1S/C14H9F3N4S2/c15-14(16,17)10-5-2-1-4-9(10)8-18-21-12(19-20-13(21)22)11-6-3-7-23-11/h1-8H,(H,20,22)/b18-8-. The fourth-order valence-electron chi connectivity index (χ4n) is 1.95. The van der Waals surface area contributed by atoms with E-state index in [2.05, 4.69) is 15.3 Å². The highest BCUT2D eigenvalue weighted by atomic mass is 32.1. The molecule has 0 spiro atoms. The monoisotopic (exact) mass is 354 g/mol. The van der Waals surface area contributed by atoms with Crippen LogP contribution in [-0.4, -0.2) is 21.1 Å². The zero-order valence-electron chi connectivity index (χ0n) is 11.4. The molecular weight excluding hydrogens is 345 g/mol. The smallest absolute Gasteiger partial charge is 0.250 e. The molecule has 23 heavy (non-hydrogen) atoms. The van der Waals surface area contributed by atoms with Crippen LogP contribution in [0.5, 0.6) is 0 Å². The minimum absolute atomic E-state index is 0.0415. The van der Waals surface area contributed by atoms with Crippen LogP contribution in [0.3, 0.4) is 0 Å². The van der Waals surface area contributed by atoms with Gasteiger partial charge in [0.25, 0.3) is 0 Å². The molecular formula is C14H9F3N4S2. The molecule has 1 aromatic carbocycles. The molecule has 3 aromatic rings. The van der Waals surface area contributed by atoms with Crippen LogP contribution in [0, 0.1) is 4.77 Å². The van der Waals surface area contributed by atoms with Gasteiger partial charge in [0.05, 0.1) is 16.7 Å². The minimum Gasteiger partial charge on any atom is -0.250 e. The molecule has 0 aliphatic rings. The quantitative estimate of drug-likeness (QED) is 0.553. The van der Waals surface area contributed by atoms with Crippen LogP contribution >= 0.6 is 23.6 Å². The summed E-state index contributed by atoms with van der Waals surface area (Å²) < 4.78 is 40.5. The summed E-state index contributed by atoms with van der Waals surface area (Å²) in [5.74, 6) is 0.450. The summed E-state index contributed by atoms with van der Waals surface area (Å²) in [6.07, 6.45) is -3.32. The van der Waals surface area contributed by atoms with Crippen molar-refractivity contribution in [1.29, 1.82) is 0 Å². The molecule has 0 amide bonds. The van der Waals surface area contributed by atoms with Crippen molar-refractivity contribution >= 4 is 29.8 Å². The highest BCUT2D eigenvalue weighted by Gasteiger charge is 2.32. The van der Waals surface area contributed by atoms with Gasteiger partial charge in [0, 0.05) is 5.56 Å². The Morgan fingerprint density at radius 1 is 1.22 bits per heavy atom. The maximum absolute atomic E-state index is 13.0. The molecule has 2 heterocycles. The molecule has 0 atom stereocenters. The predicted molar refractivity (Wildman–Crippen MR) is 85.2 cm³/mol. The van der Waals surface area contributed by atoms with E-state index in [4.69, 9.17) is 12.2 Å².